The predicted molar refractivity (Wildman–Crippen MR) is 86.9 cm³/mol. The van der Waals surface area contributed by atoms with Crippen LogP contribution in [0.15, 0.2) is 53.5 Å². The molecule has 1 saturated heterocycles. The number of amidine groups is 1. The van der Waals surface area contributed by atoms with E-state index < -0.39 is 4.92 Å². The zero-order valence-electron chi connectivity index (χ0n) is 11.8. The van der Waals surface area contributed by atoms with Crippen molar-refractivity contribution in [2.45, 2.75) is 6.42 Å². The molecule has 1 heterocycles. The van der Waals surface area contributed by atoms with Gasteiger partial charge in [-0.25, -0.2) is 10.0 Å². The van der Waals surface area contributed by atoms with Crippen LogP contribution in [0.1, 0.15) is 6.42 Å². The molecule has 0 radical (unpaired) electrons. The first-order chi connectivity index (χ1) is 11.0. The number of nitrogens with zero attached hydrogens (tertiary/aromatic N) is 3. The van der Waals surface area contributed by atoms with Crippen LogP contribution in [0, 0.1) is 10.1 Å². The van der Waals surface area contributed by atoms with Gasteiger partial charge in [-0.15, -0.1) is 0 Å². The minimum atomic E-state index is -0.530. The number of anilines is 1. The van der Waals surface area contributed by atoms with Crippen molar-refractivity contribution in [3.8, 4) is 0 Å². The number of para-hydroxylation sites is 1. The highest BCUT2D eigenvalue weighted by Gasteiger charge is 2.27. The molecule has 1 N–H and O–H groups in total. The topological polar surface area (TPSA) is 87.8 Å². The highest BCUT2D eigenvalue weighted by molar-refractivity contribution is 6.33. The molecule has 1 fully saturated rings. The summed E-state index contributed by atoms with van der Waals surface area (Å²) < 4.78 is 0. The molecule has 1 amide bonds. The molecule has 2 aromatic rings. The molecular weight excluding hydrogens is 320 g/mol. The van der Waals surface area contributed by atoms with Crippen LogP contribution in [-0.2, 0) is 4.79 Å². The maximum atomic E-state index is 12.1. The van der Waals surface area contributed by atoms with Gasteiger partial charge in [-0.1, -0.05) is 29.8 Å². The van der Waals surface area contributed by atoms with Crippen molar-refractivity contribution >= 4 is 40.4 Å². The average molecular weight is 331 g/mol. The molecule has 0 bridgehead atoms. The third kappa shape index (κ3) is 3.14. The number of aliphatic imine (C=N–C) groups is 1. The number of halogens is 1. The Morgan fingerprint density at radius 2 is 1.96 bits per heavy atom. The first kappa shape index (κ1) is 15.0. The van der Waals surface area contributed by atoms with E-state index in [0.717, 1.165) is 0 Å². The highest BCUT2D eigenvalue weighted by Crippen LogP contribution is 2.29. The van der Waals surface area contributed by atoms with E-state index in [0.29, 0.717) is 17.2 Å². The van der Waals surface area contributed by atoms with Crippen molar-refractivity contribution in [1.29, 1.82) is 0 Å². The molecule has 116 valence electrons. The van der Waals surface area contributed by atoms with Crippen LogP contribution in [0.4, 0.5) is 17.1 Å². The highest BCUT2D eigenvalue weighted by atomic mass is 35.5. The van der Waals surface area contributed by atoms with Gasteiger partial charge in [0.05, 0.1) is 27.7 Å². The minimum absolute atomic E-state index is 0.0994. The average Bonchev–Trinajstić information content (AvgIpc) is 2.90. The number of benzene rings is 2. The number of hydrazine groups is 1. The molecule has 0 saturated carbocycles. The number of hydrogen-bond acceptors (Lipinski definition) is 4. The number of carbonyl (C=O) groups excluding carboxylic acids is 1. The van der Waals surface area contributed by atoms with Gasteiger partial charge in [0.15, 0.2) is 0 Å². The number of carbonyl (C=O) groups is 1. The number of non-ortho nitro benzene ring substituents is 1. The molecule has 1 aliphatic rings. The molecule has 1 aliphatic heterocycles. The lowest BCUT2D eigenvalue weighted by molar-refractivity contribution is -0.384. The van der Waals surface area contributed by atoms with Gasteiger partial charge in [-0.05, 0) is 18.2 Å². The van der Waals surface area contributed by atoms with E-state index >= 15 is 0 Å². The molecule has 0 aromatic heterocycles. The monoisotopic (exact) mass is 330 g/mol. The van der Waals surface area contributed by atoms with Crippen LogP contribution in [0.2, 0.25) is 5.02 Å². The van der Waals surface area contributed by atoms with E-state index in [1.165, 1.54) is 23.2 Å². The third-order valence-electron chi connectivity index (χ3n) is 3.22. The molecule has 3 rings (SSSR count). The molecule has 0 spiro atoms. The smallest absolute Gasteiger partial charge is 0.271 e. The van der Waals surface area contributed by atoms with Gasteiger partial charge in [-0.2, -0.15) is 0 Å². The number of hydrogen-bond donors (Lipinski definition) is 1. The number of rotatable bonds is 3. The maximum absolute atomic E-state index is 12.1. The van der Waals surface area contributed by atoms with Gasteiger partial charge >= 0.3 is 0 Å². The summed E-state index contributed by atoms with van der Waals surface area (Å²) in [6, 6.07) is 13.1. The fraction of sp³-hybridized carbons (Fsp3) is 0.0667. The quantitative estimate of drug-likeness (QED) is 0.691. The van der Waals surface area contributed by atoms with Gasteiger partial charge in [0.25, 0.3) is 11.6 Å². The van der Waals surface area contributed by atoms with Crippen molar-refractivity contribution in [1.82, 2.24) is 5.43 Å². The normalized spacial score (nSPS) is 15.8. The lowest BCUT2D eigenvalue weighted by Gasteiger charge is -2.15. The van der Waals surface area contributed by atoms with Crippen LogP contribution < -0.4 is 10.4 Å². The molecule has 7 nitrogen and oxygen atoms in total. The van der Waals surface area contributed by atoms with Gasteiger partial charge in [0, 0.05) is 12.1 Å². The van der Waals surface area contributed by atoms with Crippen LogP contribution >= 0.6 is 11.6 Å². The van der Waals surface area contributed by atoms with Crippen LogP contribution in [-0.4, -0.2) is 16.7 Å². The van der Waals surface area contributed by atoms with E-state index in [4.69, 9.17) is 11.6 Å². The third-order valence-corrected chi connectivity index (χ3v) is 3.52. The van der Waals surface area contributed by atoms with Crippen LogP contribution in [0.5, 0.6) is 0 Å². The summed E-state index contributed by atoms with van der Waals surface area (Å²) in [5.41, 5.74) is 3.87. The standard InChI is InChI=1S/C15H11ClN4O3/c16-12-8-11(20(22)23)6-7-13(12)17-14-9-15(21)19(18-14)10-4-2-1-3-5-10/h1-8H,9H2,(H,17,18). The zero-order valence-corrected chi connectivity index (χ0v) is 12.5. The van der Waals surface area contributed by atoms with Crippen LogP contribution in [0.25, 0.3) is 0 Å². The first-order valence-electron chi connectivity index (χ1n) is 6.71. The van der Waals surface area contributed by atoms with Crippen molar-refractivity contribution in [2.24, 2.45) is 4.99 Å². The SMILES string of the molecule is O=C1CC(=Nc2ccc([N+](=O)[O-])cc2Cl)NN1c1ccccc1. The fourth-order valence-corrected chi connectivity index (χ4v) is 2.37. The Balaban J connectivity index is 1.85. The van der Waals surface area contributed by atoms with Gasteiger partial charge in [0.2, 0.25) is 0 Å². The lowest BCUT2D eigenvalue weighted by atomic mass is 10.3. The first-order valence-corrected chi connectivity index (χ1v) is 7.08. The maximum Gasteiger partial charge on any atom is 0.271 e. The van der Waals surface area contributed by atoms with Gasteiger partial charge in [0.1, 0.15) is 5.84 Å². The molecule has 0 aliphatic carbocycles. The van der Waals surface area contributed by atoms with Crippen molar-refractivity contribution < 1.29 is 9.72 Å². The number of nitro benzene ring substituents is 1. The van der Waals surface area contributed by atoms with Crippen molar-refractivity contribution in [3.63, 3.8) is 0 Å². The summed E-state index contributed by atoms with van der Waals surface area (Å²) in [5, 5.41) is 12.3. The summed E-state index contributed by atoms with van der Waals surface area (Å²) in [6.07, 6.45) is 0.0994. The summed E-state index contributed by atoms with van der Waals surface area (Å²) in [4.78, 5) is 26.5. The van der Waals surface area contributed by atoms with Crippen molar-refractivity contribution in [2.75, 3.05) is 5.01 Å². The van der Waals surface area contributed by atoms with E-state index in [2.05, 4.69) is 10.4 Å². The molecule has 2 aromatic carbocycles. The van der Waals surface area contributed by atoms with Gasteiger partial charge < -0.3 is 0 Å². The van der Waals surface area contributed by atoms with E-state index in [-0.39, 0.29) is 23.0 Å². The Hall–Kier alpha value is -2.93. The van der Waals surface area contributed by atoms with Crippen molar-refractivity contribution in [3.05, 3.63) is 63.7 Å². The number of nitro groups is 1. The second kappa shape index (κ2) is 6.05. The summed E-state index contributed by atoms with van der Waals surface area (Å²) in [7, 11) is 0. The Kier molecular flexibility index (Phi) is 3.94. The minimum Gasteiger partial charge on any atom is -0.278 e. The second-order valence-corrected chi connectivity index (χ2v) is 5.21. The second-order valence-electron chi connectivity index (χ2n) is 4.80. The Bertz CT molecular complexity index is 808. The summed E-state index contributed by atoms with van der Waals surface area (Å²) in [5.74, 6) is 0.280. The number of amides is 1. The Morgan fingerprint density at radius 3 is 2.61 bits per heavy atom. The van der Waals surface area contributed by atoms with E-state index in [1.807, 2.05) is 18.2 Å². The molecule has 8 heteroatoms. The molecule has 0 atom stereocenters. The Labute approximate surface area is 136 Å². The molecular formula is C15H11ClN4O3. The molecule has 23 heavy (non-hydrogen) atoms. The largest absolute Gasteiger partial charge is 0.278 e. The lowest BCUT2D eigenvalue weighted by Crippen LogP contribution is -2.35. The Morgan fingerprint density at radius 1 is 1.22 bits per heavy atom. The van der Waals surface area contributed by atoms with Crippen LogP contribution in [0.3, 0.4) is 0 Å². The fourth-order valence-electron chi connectivity index (χ4n) is 2.15. The van der Waals surface area contributed by atoms with E-state index in [9.17, 15) is 14.9 Å². The predicted octanol–water partition coefficient (Wildman–Crippen LogP) is 3.22. The number of nitrogens with one attached hydrogen (secondary N) is 1. The van der Waals surface area contributed by atoms with E-state index in [1.54, 1.807) is 12.1 Å². The summed E-state index contributed by atoms with van der Waals surface area (Å²) in [6.45, 7) is 0. The molecule has 0 unspecified atom stereocenters. The summed E-state index contributed by atoms with van der Waals surface area (Å²) >= 11 is 6.00. The van der Waals surface area contributed by atoms with Gasteiger partial charge in [-0.3, -0.25) is 20.3 Å². The zero-order chi connectivity index (χ0) is 16.4.